The maximum absolute atomic E-state index is 11.6. The molecule has 14 heavy (non-hydrogen) atoms. The summed E-state index contributed by atoms with van der Waals surface area (Å²) in [6.45, 7) is 6.18. The molecule has 0 saturated heterocycles. The quantitative estimate of drug-likeness (QED) is 0.688. The average molecular weight is 199 g/mol. The molecule has 0 saturated carbocycles. The van der Waals surface area contributed by atoms with Crippen LogP contribution in [0.1, 0.15) is 40.5 Å². The molecule has 80 valence electrons. The molecular weight excluding hydrogens is 182 g/mol. The smallest absolute Gasteiger partial charge is 0.240 e. The van der Waals surface area contributed by atoms with E-state index in [2.05, 4.69) is 5.32 Å². The van der Waals surface area contributed by atoms with Crippen molar-refractivity contribution >= 4 is 17.6 Å². The first-order valence-corrected chi connectivity index (χ1v) is 4.73. The lowest BCUT2D eigenvalue weighted by Crippen LogP contribution is -2.46. The lowest BCUT2D eigenvalue weighted by atomic mass is 9.78. The van der Waals surface area contributed by atoms with Crippen LogP contribution >= 0.6 is 0 Å². The second kappa shape index (κ2) is 4.88. The molecule has 0 aliphatic heterocycles. The van der Waals surface area contributed by atoms with Crippen LogP contribution in [0.4, 0.5) is 0 Å². The van der Waals surface area contributed by atoms with Crippen molar-refractivity contribution in [1.29, 1.82) is 0 Å². The summed E-state index contributed by atoms with van der Waals surface area (Å²) in [4.78, 5) is 33.7. The van der Waals surface area contributed by atoms with Crippen LogP contribution in [0.15, 0.2) is 0 Å². The Balaban J connectivity index is 4.90. The van der Waals surface area contributed by atoms with Gasteiger partial charge in [0.15, 0.2) is 0 Å². The zero-order valence-electron chi connectivity index (χ0n) is 9.14. The number of rotatable bonds is 4. The van der Waals surface area contributed by atoms with Crippen LogP contribution in [0.5, 0.6) is 0 Å². The summed E-state index contributed by atoms with van der Waals surface area (Å²) in [7, 11) is 0. The summed E-state index contributed by atoms with van der Waals surface area (Å²) < 4.78 is 0. The van der Waals surface area contributed by atoms with E-state index in [4.69, 9.17) is 0 Å². The third-order valence-electron chi connectivity index (χ3n) is 2.61. The minimum atomic E-state index is -1.04. The lowest BCUT2D eigenvalue weighted by Gasteiger charge is -2.26. The van der Waals surface area contributed by atoms with Gasteiger partial charge in [-0.15, -0.1) is 0 Å². The first kappa shape index (κ1) is 12.8. The second-order valence-electron chi connectivity index (χ2n) is 3.36. The number of ketones is 1. The van der Waals surface area contributed by atoms with Crippen LogP contribution in [-0.4, -0.2) is 17.6 Å². The highest BCUT2D eigenvalue weighted by Crippen LogP contribution is 2.27. The zero-order chi connectivity index (χ0) is 11.4. The van der Waals surface area contributed by atoms with Gasteiger partial charge in [0.1, 0.15) is 11.2 Å². The summed E-state index contributed by atoms with van der Waals surface area (Å²) in [5.41, 5.74) is -1.04. The van der Waals surface area contributed by atoms with E-state index in [1.807, 2.05) is 0 Å². The van der Waals surface area contributed by atoms with Gasteiger partial charge in [0.25, 0.3) is 0 Å². The van der Waals surface area contributed by atoms with Crippen molar-refractivity contribution in [2.24, 2.45) is 5.41 Å². The van der Waals surface area contributed by atoms with E-state index in [-0.39, 0.29) is 5.78 Å². The van der Waals surface area contributed by atoms with Crippen molar-refractivity contribution in [3.05, 3.63) is 0 Å². The molecule has 2 amide bonds. The van der Waals surface area contributed by atoms with Gasteiger partial charge in [0, 0.05) is 6.92 Å². The molecule has 1 N–H and O–H groups in total. The summed E-state index contributed by atoms with van der Waals surface area (Å²) >= 11 is 0. The first-order chi connectivity index (χ1) is 6.40. The van der Waals surface area contributed by atoms with Crippen LogP contribution < -0.4 is 5.32 Å². The molecule has 0 spiro atoms. The number of carbonyl (C=O) groups excluding carboxylic acids is 3. The second-order valence-corrected chi connectivity index (χ2v) is 3.36. The molecule has 0 atom stereocenters. The predicted molar refractivity (Wildman–Crippen MR) is 52.5 cm³/mol. The minimum absolute atomic E-state index is 0.193. The van der Waals surface area contributed by atoms with E-state index in [1.165, 1.54) is 13.8 Å². The molecule has 4 nitrogen and oxygen atoms in total. The van der Waals surface area contributed by atoms with E-state index in [0.717, 1.165) is 0 Å². The fraction of sp³-hybridized carbons (Fsp3) is 0.700. The van der Waals surface area contributed by atoms with Crippen molar-refractivity contribution in [2.75, 3.05) is 0 Å². The average Bonchev–Trinajstić information content (AvgIpc) is 2.05. The van der Waals surface area contributed by atoms with Gasteiger partial charge >= 0.3 is 0 Å². The molecule has 0 aromatic heterocycles. The molecular formula is C10H17NO3. The summed E-state index contributed by atoms with van der Waals surface area (Å²) in [6, 6.07) is 0. The van der Waals surface area contributed by atoms with Gasteiger partial charge in [0.2, 0.25) is 11.8 Å². The Morgan fingerprint density at radius 2 is 1.50 bits per heavy atom. The van der Waals surface area contributed by atoms with Gasteiger partial charge in [0.05, 0.1) is 0 Å². The van der Waals surface area contributed by atoms with Gasteiger partial charge in [-0.05, 0) is 19.8 Å². The number of imide groups is 1. The molecule has 0 rings (SSSR count). The Labute approximate surface area is 84.1 Å². The first-order valence-electron chi connectivity index (χ1n) is 4.73. The van der Waals surface area contributed by atoms with E-state index < -0.39 is 17.2 Å². The standard InChI is InChI=1S/C10H17NO3/c1-5-10(6-2,7(3)12)9(14)11-8(4)13/h5-6H2,1-4H3,(H,11,13,14). The SMILES string of the molecule is CCC(CC)(C(C)=O)C(=O)NC(C)=O. The van der Waals surface area contributed by atoms with Crippen LogP contribution in [0.25, 0.3) is 0 Å². The molecule has 0 radical (unpaired) electrons. The molecule has 0 bridgehead atoms. The molecule has 4 heteroatoms. The Morgan fingerprint density at radius 3 is 1.71 bits per heavy atom. The van der Waals surface area contributed by atoms with Gasteiger partial charge in [-0.3, -0.25) is 19.7 Å². The van der Waals surface area contributed by atoms with Crippen LogP contribution in [0.2, 0.25) is 0 Å². The number of amides is 2. The van der Waals surface area contributed by atoms with Crippen molar-refractivity contribution in [3.63, 3.8) is 0 Å². The molecule has 0 fully saturated rings. The lowest BCUT2D eigenvalue weighted by molar-refractivity contribution is -0.143. The summed E-state index contributed by atoms with van der Waals surface area (Å²) in [5, 5.41) is 2.17. The highest BCUT2D eigenvalue weighted by molar-refractivity contribution is 6.09. The predicted octanol–water partition coefficient (Wildman–Crippen LogP) is 1.04. The highest BCUT2D eigenvalue weighted by atomic mass is 16.2. The van der Waals surface area contributed by atoms with E-state index in [1.54, 1.807) is 13.8 Å². The van der Waals surface area contributed by atoms with Gasteiger partial charge in [-0.25, -0.2) is 0 Å². The van der Waals surface area contributed by atoms with Crippen molar-refractivity contribution in [2.45, 2.75) is 40.5 Å². The Morgan fingerprint density at radius 1 is 1.07 bits per heavy atom. The zero-order valence-corrected chi connectivity index (χ0v) is 9.14. The van der Waals surface area contributed by atoms with E-state index in [0.29, 0.717) is 12.8 Å². The Bertz CT molecular complexity index is 254. The van der Waals surface area contributed by atoms with E-state index >= 15 is 0 Å². The van der Waals surface area contributed by atoms with Gasteiger partial charge in [-0.1, -0.05) is 13.8 Å². The Hall–Kier alpha value is -1.19. The third-order valence-corrected chi connectivity index (χ3v) is 2.61. The number of hydrogen-bond donors (Lipinski definition) is 1. The molecule has 0 unspecified atom stereocenters. The van der Waals surface area contributed by atoms with Crippen molar-refractivity contribution in [1.82, 2.24) is 5.32 Å². The van der Waals surface area contributed by atoms with Crippen molar-refractivity contribution < 1.29 is 14.4 Å². The van der Waals surface area contributed by atoms with Gasteiger partial charge < -0.3 is 0 Å². The highest BCUT2D eigenvalue weighted by Gasteiger charge is 2.39. The Kier molecular flexibility index (Phi) is 4.47. The number of carbonyl (C=O) groups is 3. The van der Waals surface area contributed by atoms with Crippen molar-refractivity contribution in [3.8, 4) is 0 Å². The fourth-order valence-electron chi connectivity index (χ4n) is 1.51. The summed E-state index contributed by atoms with van der Waals surface area (Å²) in [6.07, 6.45) is 0.829. The molecule has 0 aliphatic carbocycles. The third kappa shape index (κ3) is 2.40. The number of hydrogen-bond acceptors (Lipinski definition) is 3. The van der Waals surface area contributed by atoms with E-state index in [9.17, 15) is 14.4 Å². The number of nitrogens with one attached hydrogen (secondary N) is 1. The van der Waals surface area contributed by atoms with Crippen LogP contribution in [0.3, 0.4) is 0 Å². The molecule has 0 aromatic rings. The van der Waals surface area contributed by atoms with Gasteiger partial charge in [-0.2, -0.15) is 0 Å². The maximum atomic E-state index is 11.6. The van der Waals surface area contributed by atoms with Crippen LogP contribution in [-0.2, 0) is 14.4 Å². The fourth-order valence-corrected chi connectivity index (χ4v) is 1.51. The topological polar surface area (TPSA) is 63.2 Å². The normalized spacial score (nSPS) is 10.9. The van der Waals surface area contributed by atoms with Crippen LogP contribution in [0, 0.1) is 5.41 Å². The molecule has 0 aliphatic rings. The monoisotopic (exact) mass is 199 g/mol. The number of Topliss-reactive ketones (excluding diaryl/α,β-unsaturated/α-hetero) is 1. The molecule has 0 aromatic carbocycles. The molecule has 0 heterocycles. The largest absolute Gasteiger partial charge is 0.299 e. The summed E-state index contributed by atoms with van der Waals surface area (Å²) in [5.74, 6) is -1.11. The minimum Gasteiger partial charge on any atom is -0.299 e. The maximum Gasteiger partial charge on any atom is 0.240 e.